The molecule has 1 fully saturated rings. The molecule has 18 heavy (non-hydrogen) atoms. The van der Waals surface area contributed by atoms with E-state index in [9.17, 15) is 4.79 Å². The molecule has 1 aliphatic heterocycles. The molecule has 98 valence electrons. The Morgan fingerprint density at radius 3 is 2.67 bits per heavy atom. The molecule has 0 bridgehead atoms. The molecule has 1 atom stereocenters. The van der Waals surface area contributed by atoms with Gasteiger partial charge in [0.25, 0.3) is 0 Å². The molecular formula is C14H21N3O. The zero-order valence-corrected chi connectivity index (χ0v) is 11.0. The highest BCUT2D eigenvalue weighted by atomic mass is 16.2. The van der Waals surface area contributed by atoms with Gasteiger partial charge in [-0.05, 0) is 19.4 Å². The van der Waals surface area contributed by atoms with Gasteiger partial charge >= 0.3 is 0 Å². The van der Waals surface area contributed by atoms with E-state index >= 15 is 0 Å². The SMILES string of the molecule is CC(C)(N)C(=O)N1CCNCC1c1ccccc1. The van der Waals surface area contributed by atoms with Crippen LogP contribution in [0.5, 0.6) is 0 Å². The summed E-state index contributed by atoms with van der Waals surface area (Å²) in [6.07, 6.45) is 0. The summed E-state index contributed by atoms with van der Waals surface area (Å²) in [7, 11) is 0. The predicted molar refractivity (Wildman–Crippen MR) is 72.0 cm³/mol. The molecule has 0 aromatic heterocycles. The van der Waals surface area contributed by atoms with Crippen LogP contribution in [0.15, 0.2) is 30.3 Å². The highest BCUT2D eigenvalue weighted by Gasteiger charge is 2.34. The summed E-state index contributed by atoms with van der Waals surface area (Å²) in [6.45, 7) is 5.84. The molecule has 1 aromatic rings. The van der Waals surface area contributed by atoms with Gasteiger partial charge in [0.2, 0.25) is 5.91 Å². The highest BCUT2D eigenvalue weighted by molar-refractivity contribution is 5.85. The first-order valence-electron chi connectivity index (χ1n) is 6.36. The van der Waals surface area contributed by atoms with Crippen LogP contribution < -0.4 is 11.1 Å². The van der Waals surface area contributed by atoms with Crippen molar-refractivity contribution in [3.8, 4) is 0 Å². The molecule has 4 nitrogen and oxygen atoms in total. The number of hydrogen-bond acceptors (Lipinski definition) is 3. The van der Waals surface area contributed by atoms with Crippen molar-refractivity contribution in [1.29, 1.82) is 0 Å². The number of nitrogens with two attached hydrogens (primary N) is 1. The van der Waals surface area contributed by atoms with E-state index in [-0.39, 0.29) is 11.9 Å². The molecule has 0 aliphatic carbocycles. The lowest BCUT2D eigenvalue weighted by molar-refractivity contribution is -0.139. The third-order valence-electron chi connectivity index (χ3n) is 3.24. The number of rotatable bonds is 2. The zero-order valence-electron chi connectivity index (χ0n) is 11.0. The monoisotopic (exact) mass is 247 g/mol. The number of hydrogen-bond donors (Lipinski definition) is 2. The zero-order chi connectivity index (χ0) is 13.2. The van der Waals surface area contributed by atoms with Crippen molar-refractivity contribution < 1.29 is 4.79 Å². The topological polar surface area (TPSA) is 58.4 Å². The Labute approximate surface area is 108 Å². The van der Waals surface area contributed by atoms with Gasteiger partial charge in [-0.25, -0.2) is 0 Å². The lowest BCUT2D eigenvalue weighted by Gasteiger charge is -2.39. The molecule has 2 rings (SSSR count). The summed E-state index contributed by atoms with van der Waals surface area (Å²) < 4.78 is 0. The van der Waals surface area contributed by atoms with E-state index in [4.69, 9.17) is 5.73 Å². The van der Waals surface area contributed by atoms with Crippen molar-refractivity contribution >= 4 is 5.91 Å². The second-order valence-corrected chi connectivity index (χ2v) is 5.35. The predicted octanol–water partition coefficient (Wildman–Crippen LogP) is 0.897. The first-order chi connectivity index (χ1) is 8.50. The summed E-state index contributed by atoms with van der Waals surface area (Å²) in [5.41, 5.74) is 6.28. The summed E-state index contributed by atoms with van der Waals surface area (Å²) in [5, 5.41) is 3.33. The molecule has 1 unspecified atom stereocenters. The molecule has 4 heteroatoms. The van der Waals surface area contributed by atoms with Gasteiger partial charge in [-0.2, -0.15) is 0 Å². The van der Waals surface area contributed by atoms with Crippen LogP contribution in [-0.4, -0.2) is 36.0 Å². The fraction of sp³-hybridized carbons (Fsp3) is 0.500. The number of piperazine rings is 1. The minimum absolute atomic E-state index is 0.0119. The van der Waals surface area contributed by atoms with E-state index in [0.717, 1.165) is 18.7 Å². The second-order valence-electron chi connectivity index (χ2n) is 5.35. The quantitative estimate of drug-likeness (QED) is 0.816. The third-order valence-corrected chi connectivity index (χ3v) is 3.24. The average molecular weight is 247 g/mol. The molecule has 1 aromatic carbocycles. The van der Waals surface area contributed by atoms with Crippen LogP contribution in [0, 0.1) is 0 Å². The van der Waals surface area contributed by atoms with E-state index in [1.165, 1.54) is 0 Å². The van der Waals surface area contributed by atoms with Crippen molar-refractivity contribution in [3.05, 3.63) is 35.9 Å². The lowest BCUT2D eigenvalue weighted by Crippen LogP contribution is -2.57. The minimum atomic E-state index is -0.815. The van der Waals surface area contributed by atoms with E-state index in [2.05, 4.69) is 17.4 Å². The molecule has 0 radical (unpaired) electrons. The van der Waals surface area contributed by atoms with Crippen molar-refractivity contribution in [2.45, 2.75) is 25.4 Å². The molecule has 0 spiro atoms. The summed E-state index contributed by atoms with van der Waals surface area (Å²) >= 11 is 0. The fourth-order valence-corrected chi connectivity index (χ4v) is 2.29. The highest BCUT2D eigenvalue weighted by Crippen LogP contribution is 2.24. The molecule has 0 saturated carbocycles. The molecule has 1 saturated heterocycles. The standard InChI is InChI=1S/C14H21N3O/c1-14(2,15)13(18)17-9-8-16-10-12(17)11-6-4-3-5-7-11/h3-7,12,16H,8-10,15H2,1-2H3. The molecule has 3 N–H and O–H groups in total. The van der Waals surface area contributed by atoms with Gasteiger partial charge in [0, 0.05) is 19.6 Å². The summed E-state index contributed by atoms with van der Waals surface area (Å²) in [4.78, 5) is 14.3. The van der Waals surface area contributed by atoms with E-state index in [1.807, 2.05) is 23.1 Å². The van der Waals surface area contributed by atoms with Gasteiger partial charge < -0.3 is 16.0 Å². The number of carbonyl (C=O) groups is 1. The van der Waals surface area contributed by atoms with Crippen molar-refractivity contribution in [2.24, 2.45) is 5.73 Å². The number of nitrogens with zero attached hydrogens (tertiary/aromatic N) is 1. The third kappa shape index (κ3) is 2.71. The number of amides is 1. The Bertz CT molecular complexity index is 411. The van der Waals surface area contributed by atoms with E-state index < -0.39 is 5.54 Å². The van der Waals surface area contributed by atoms with Gasteiger partial charge in [-0.15, -0.1) is 0 Å². The van der Waals surface area contributed by atoms with Gasteiger partial charge in [0.05, 0.1) is 11.6 Å². The van der Waals surface area contributed by atoms with Crippen LogP contribution in [0.25, 0.3) is 0 Å². The van der Waals surface area contributed by atoms with E-state index in [1.54, 1.807) is 13.8 Å². The van der Waals surface area contributed by atoms with Gasteiger partial charge in [0.15, 0.2) is 0 Å². The van der Waals surface area contributed by atoms with Gasteiger partial charge in [0.1, 0.15) is 0 Å². The lowest BCUT2D eigenvalue weighted by atomic mass is 9.98. The Hall–Kier alpha value is -1.39. The second kappa shape index (κ2) is 5.08. The Kier molecular flexibility index (Phi) is 3.68. The van der Waals surface area contributed by atoms with Crippen LogP contribution in [0.2, 0.25) is 0 Å². The number of benzene rings is 1. The normalized spacial score (nSPS) is 20.8. The maximum absolute atomic E-state index is 12.4. The smallest absolute Gasteiger partial charge is 0.242 e. The van der Waals surface area contributed by atoms with Crippen LogP contribution in [0.3, 0.4) is 0 Å². The summed E-state index contributed by atoms with van der Waals surface area (Å²) in [6, 6.07) is 10.2. The molecule has 1 heterocycles. The maximum Gasteiger partial charge on any atom is 0.242 e. The minimum Gasteiger partial charge on any atom is -0.332 e. The Morgan fingerprint density at radius 2 is 2.06 bits per heavy atom. The van der Waals surface area contributed by atoms with Crippen molar-refractivity contribution in [3.63, 3.8) is 0 Å². The van der Waals surface area contributed by atoms with Crippen molar-refractivity contribution in [1.82, 2.24) is 10.2 Å². The van der Waals surface area contributed by atoms with Crippen LogP contribution in [0.4, 0.5) is 0 Å². The van der Waals surface area contributed by atoms with Crippen molar-refractivity contribution in [2.75, 3.05) is 19.6 Å². The summed E-state index contributed by atoms with van der Waals surface area (Å²) in [5.74, 6) is 0.0119. The number of nitrogens with one attached hydrogen (secondary N) is 1. The van der Waals surface area contributed by atoms with Gasteiger partial charge in [-0.3, -0.25) is 4.79 Å². The van der Waals surface area contributed by atoms with Crippen LogP contribution in [0.1, 0.15) is 25.5 Å². The number of carbonyl (C=O) groups excluding carboxylic acids is 1. The Balaban J connectivity index is 2.24. The van der Waals surface area contributed by atoms with Crippen LogP contribution in [-0.2, 0) is 4.79 Å². The first kappa shape index (κ1) is 13.1. The van der Waals surface area contributed by atoms with E-state index in [0.29, 0.717) is 6.54 Å². The Morgan fingerprint density at radius 1 is 1.39 bits per heavy atom. The molecule has 1 aliphatic rings. The molecule has 1 amide bonds. The average Bonchev–Trinajstić information content (AvgIpc) is 2.38. The maximum atomic E-state index is 12.4. The largest absolute Gasteiger partial charge is 0.332 e. The molecular weight excluding hydrogens is 226 g/mol. The first-order valence-corrected chi connectivity index (χ1v) is 6.36. The van der Waals surface area contributed by atoms with Crippen LogP contribution >= 0.6 is 0 Å². The fourth-order valence-electron chi connectivity index (χ4n) is 2.29. The van der Waals surface area contributed by atoms with Gasteiger partial charge in [-0.1, -0.05) is 30.3 Å².